The summed E-state index contributed by atoms with van der Waals surface area (Å²) in [5.41, 5.74) is 7.19. The summed E-state index contributed by atoms with van der Waals surface area (Å²) in [6, 6.07) is 9.93. The second kappa shape index (κ2) is 8.27. The molecule has 0 heterocycles. The molecule has 0 atom stereocenters. The third-order valence-electron chi connectivity index (χ3n) is 2.97. The van der Waals surface area contributed by atoms with Gasteiger partial charge in [-0.3, -0.25) is 0 Å². The van der Waals surface area contributed by atoms with E-state index < -0.39 is 7.60 Å². The van der Waals surface area contributed by atoms with E-state index in [1.807, 2.05) is 13.8 Å². The predicted molar refractivity (Wildman–Crippen MR) is 97.5 cm³/mol. The Balaban J connectivity index is 0.00000264. The Labute approximate surface area is 151 Å². The molecular weight excluding hydrogens is 380 g/mol. The van der Waals surface area contributed by atoms with Crippen LogP contribution in [0.15, 0.2) is 36.4 Å². The molecule has 2 aromatic carbocycles. The molecule has 0 bridgehead atoms. The van der Waals surface area contributed by atoms with Gasteiger partial charge in [-0.25, -0.2) is 4.57 Å². The van der Waals surface area contributed by atoms with E-state index >= 15 is 0 Å². The van der Waals surface area contributed by atoms with Crippen molar-refractivity contribution in [3.8, 4) is 11.5 Å². The zero-order valence-corrected chi connectivity index (χ0v) is 15.8. The lowest BCUT2D eigenvalue weighted by atomic mass is 10.2. The first-order chi connectivity index (χ1) is 10.3. The highest BCUT2D eigenvalue weighted by atomic mass is 35.5. The van der Waals surface area contributed by atoms with Gasteiger partial charge in [0.1, 0.15) is 17.8 Å². The minimum atomic E-state index is -3.52. The number of nitrogens with two attached hydrogens (primary N) is 1. The normalized spacial score (nSPS) is 10.8. The van der Waals surface area contributed by atoms with Crippen molar-refractivity contribution in [2.45, 2.75) is 13.8 Å². The van der Waals surface area contributed by atoms with Gasteiger partial charge in [0.05, 0.1) is 0 Å². The molecule has 0 saturated heterocycles. The number of hydrogen-bond acceptors (Lipinski definition) is 4. The van der Waals surface area contributed by atoms with Gasteiger partial charge < -0.3 is 14.8 Å². The number of halogens is 3. The van der Waals surface area contributed by atoms with E-state index in [1.54, 1.807) is 36.4 Å². The van der Waals surface area contributed by atoms with Crippen molar-refractivity contribution in [3.63, 3.8) is 0 Å². The number of rotatable bonds is 5. The second-order valence-electron chi connectivity index (χ2n) is 4.80. The molecule has 0 amide bonds. The molecule has 0 saturated carbocycles. The molecular formula is C15H17Cl3NO3P. The van der Waals surface area contributed by atoms with Crippen molar-refractivity contribution in [2.75, 3.05) is 6.29 Å². The molecule has 23 heavy (non-hydrogen) atoms. The fourth-order valence-electron chi connectivity index (χ4n) is 1.76. The topological polar surface area (TPSA) is 61.5 Å². The smallest absolute Gasteiger partial charge is 0.415 e. The Kier molecular flexibility index (Phi) is 7.25. The van der Waals surface area contributed by atoms with E-state index in [4.69, 9.17) is 38.0 Å². The Morgan fingerprint density at radius 2 is 1.35 bits per heavy atom. The minimum Gasteiger partial charge on any atom is -0.415 e. The van der Waals surface area contributed by atoms with E-state index in [0.717, 1.165) is 11.1 Å². The Morgan fingerprint density at radius 1 is 0.957 bits per heavy atom. The Hall–Kier alpha value is -0.900. The van der Waals surface area contributed by atoms with Crippen LogP contribution in [0.4, 0.5) is 0 Å². The zero-order valence-electron chi connectivity index (χ0n) is 12.6. The highest BCUT2D eigenvalue weighted by Gasteiger charge is 2.26. The van der Waals surface area contributed by atoms with Crippen LogP contribution in [0.3, 0.4) is 0 Å². The van der Waals surface area contributed by atoms with Crippen LogP contribution in [-0.4, -0.2) is 6.29 Å². The molecule has 8 heteroatoms. The van der Waals surface area contributed by atoms with Crippen LogP contribution >= 0.6 is 43.2 Å². The van der Waals surface area contributed by atoms with Crippen LogP contribution in [0.1, 0.15) is 11.1 Å². The summed E-state index contributed by atoms with van der Waals surface area (Å²) >= 11 is 11.9. The van der Waals surface area contributed by atoms with Crippen LogP contribution in [0.2, 0.25) is 10.0 Å². The van der Waals surface area contributed by atoms with Crippen molar-refractivity contribution in [3.05, 3.63) is 57.6 Å². The second-order valence-corrected chi connectivity index (χ2v) is 7.56. The SMILES string of the molecule is Cc1cc(OP(=O)(CN)Oc2ccc(Cl)c(C)c2)ccc1Cl.Cl. The van der Waals surface area contributed by atoms with Crippen molar-refractivity contribution < 1.29 is 13.6 Å². The standard InChI is InChI=1S/C15H16Cl2NO3P.ClH/c1-10-7-12(3-5-14(10)16)20-22(19,9-18)21-13-4-6-15(17)11(2)8-13;/h3-8H,9,18H2,1-2H3;1H. The molecule has 0 spiro atoms. The van der Waals surface area contributed by atoms with Crippen LogP contribution in [0, 0.1) is 13.8 Å². The molecule has 0 aliphatic carbocycles. The van der Waals surface area contributed by atoms with Gasteiger partial charge >= 0.3 is 7.60 Å². The summed E-state index contributed by atoms with van der Waals surface area (Å²) in [7, 11) is -3.52. The van der Waals surface area contributed by atoms with Crippen LogP contribution in [-0.2, 0) is 4.57 Å². The van der Waals surface area contributed by atoms with Crippen molar-refractivity contribution >= 4 is 43.2 Å². The Bertz CT molecular complexity index is 682. The van der Waals surface area contributed by atoms with E-state index in [9.17, 15) is 4.57 Å². The van der Waals surface area contributed by atoms with Gasteiger partial charge in [-0.05, 0) is 61.4 Å². The third kappa shape index (κ3) is 5.30. The molecule has 2 rings (SSSR count). The largest absolute Gasteiger partial charge is 0.444 e. The third-order valence-corrected chi connectivity index (χ3v) is 5.24. The fraction of sp³-hybridized carbons (Fsp3) is 0.200. The summed E-state index contributed by atoms with van der Waals surface area (Å²) in [5.74, 6) is 0.780. The Morgan fingerprint density at radius 3 is 1.65 bits per heavy atom. The van der Waals surface area contributed by atoms with Crippen molar-refractivity contribution in [1.29, 1.82) is 0 Å². The van der Waals surface area contributed by atoms with Gasteiger partial charge in [-0.1, -0.05) is 23.2 Å². The van der Waals surface area contributed by atoms with Crippen LogP contribution in [0.25, 0.3) is 0 Å². The minimum absolute atomic E-state index is 0. The summed E-state index contributed by atoms with van der Waals surface area (Å²) in [5, 5.41) is 1.20. The lowest BCUT2D eigenvalue weighted by Crippen LogP contribution is -2.11. The predicted octanol–water partition coefficient (Wildman–Crippen LogP) is 5.60. The van der Waals surface area contributed by atoms with Crippen molar-refractivity contribution in [2.24, 2.45) is 5.73 Å². The number of hydrogen-bond donors (Lipinski definition) is 1. The number of benzene rings is 2. The summed E-state index contributed by atoms with van der Waals surface area (Å²) < 4.78 is 23.6. The lowest BCUT2D eigenvalue weighted by Gasteiger charge is -2.19. The summed E-state index contributed by atoms with van der Waals surface area (Å²) in [6.45, 7) is 3.65. The first-order valence-corrected chi connectivity index (χ1v) is 9.02. The molecule has 4 nitrogen and oxygen atoms in total. The average molecular weight is 397 g/mol. The molecule has 126 valence electrons. The maximum atomic E-state index is 12.7. The van der Waals surface area contributed by atoms with Gasteiger partial charge in [0.15, 0.2) is 0 Å². The lowest BCUT2D eigenvalue weighted by molar-refractivity contribution is 0.386. The van der Waals surface area contributed by atoms with Gasteiger partial charge in [-0.15, -0.1) is 12.4 Å². The maximum absolute atomic E-state index is 12.7. The van der Waals surface area contributed by atoms with Gasteiger partial charge in [0.25, 0.3) is 0 Å². The molecule has 2 aromatic rings. The van der Waals surface area contributed by atoms with Gasteiger partial charge in [0, 0.05) is 10.0 Å². The van der Waals surface area contributed by atoms with Gasteiger partial charge in [0.2, 0.25) is 0 Å². The van der Waals surface area contributed by atoms with E-state index in [0.29, 0.717) is 21.5 Å². The first kappa shape index (κ1) is 20.1. The fourth-order valence-corrected chi connectivity index (χ4v) is 3.05. The first-order valence-electron chi connectivity index (χ1n) is 6.53. The molecule has 0 aromatic heterocycles. The molecule has 0 unspecified atom stereocenters. The quantitative estimate of drug-likeness (QED) is 0.668. The molecule has 0 radical (unpaired) electrons. The molecule has 2 N–H and O–H groups in total. The highest BCUT2D eigenvalue weighted by molar-refractivity contribution is 7.54. The average Bonchev–Trinajstić information content (AvgIpc) is 2.47. The monoisotopic (exact) mass is 395 g/mol. The summed E-state index contributed by atoms with van der Waals surface area (Å²) in [4.78, 5) is 0. The van der Waals surface area contributed by atoms with Gasteiger partial charge in [-0.2, -0.15) is 0 Å². The van der Waals surface area contributed by atoms with Crippen LogP contribution < -0.4 is 14.8 Å². The van der Waals surface area contributed by atoms with Crippen molar-refractivity contribution in [1.82, 2.24) is 0 Å². The number of aryl methyl sites for hydroxylation is 2. The molecule has 0 fully saturated rings. The maximum Gasteiger partial charge on any atom is 0.444 e. The van der Waals surface area contributed by atoms with Crippen LogP contribution in [0.5, 0.6) is 11.5 Å². The van der Waals surface area contributed by atoms with E-state index in [2.05, 4.69) is 0 Å². The summed E-state index contributed by atoms with van der Waals surface area (Å²) in [6.07, 6.45) is -0.254. The van der Waals surface area contributed by atoms with E-state index in [-0.39, 0.29) is 18.7 Å². The molecule has 0 aliphatic rings. The molecule has 0 aliphatic heterocycles. The van der Waals surface area contributed by atoms with E-state index in [1.165, 1.54) is 0 Å². The highest BCUT2D eigenvalue weighted by Crippen LogP contribution is 2.47. The zero-order chi connectivity index (χ0) is 16.3.